The van der Waals surface area contributed by atoms with E-state index in [4.69, 9.17) is 5.41 Å². The number of aliphatic carboxylic acids is 1. The maximum atomic E-state index is 12.6. The second-order valence-corrected chi connectivity index (χ2v) is 7.65. The number of imide groups is 1. The molecule has 8 heteroatoms. The number of amides is 3. The largest absolute Gasteiger partial charge is 0.479 e. The minimum absolute atomic E-state index is 0.0817. The Balaban J connectivity index is 2.09. The van der Waals surface area contributed by atoms with Gasteiger partial charge in [0.2, 0.25) is 0 Å². The molecule has 154 valence electrons. The van der Waals surface area contributed by atoms with Gasteiger partial charge >= 0.3 is 12.0 Å². The minimum Gasteiger partial charge on any atom is -0.479 e. The number of nitrogens with one attached hydrogen (secondary N) is 2. The van der Waals surface area contributed by atoms with E-state index in [0.29, 0.717) is 12.3 Å². The van der Waals surface area contributed by atoms with Crippen LogP contribution in [0.3, 0.4) is 0 Å². The quantitative estimate of drug-likeness (QED) is 0.268. The molecule has 3 unspecified atom stereocenters. The first-order chi connectivity index (χ1) is 13.3. The third-order valence-corrected chi connectivity index (χ3v) is 5.77. The fourth-order valence-electron chi connectivity index (χ4n) is 3.97. The van der Waals surface area contributed by atoms with Crippen LogP contribution >= 0.6 is 0 Å². The summed E-state index contributed by atoms with van der Waals surface area (Å²) in [4.78, 5) is 41.1. The molecule has 8 nitrogen and oxygen atoms in total. The number of aliphatic imine (C=N–C) groups is 1. The summed E-state index contributed by atoms with van der Waals surface area (Å²) in [6, 6.07) is -2.04. The van der Waals surface area contributed by atoms with Crippen LogP contribution in [0, 0.1) is 17.2 Å². The number of carbonyl (C=O) groups is 3. The summed E-state index contributed by atoms with van der Waals surface area (Å²) in [7, 11) is 0. The van der Waals surface area contributed by atoms with Crippen LogP contribution in [0.4, 0.5) is 4.79 Å². The van der Waals surface area contributed by atoms with E-state index >= 15 is 0 Å². The number of nitrogens with zero attached hydrogens (tertiary/aromatic N) is 2. The molecule has 1 aliphatic carbocycles. The average Bonchev–Trinajstić information content (AvgIpc) is 2.68. The van der Waals surface area contributed by atoms with Gasteiger partial charge in [-0.1, -0.05) is 32.3 Å². The van der Waals surface area contributed by atoms with Crippen molar-refractivity contribution in [3.05, 3.63) is 11.6 Å². The van der Waals surface area contributed by atoms with Crippen molar-refractivity contribution in [3.63, 3.8) is 0 Å². The van der Waals surface area contributed by atoms with Crippen LogP contribution in [0.25, 0.3) is 0 Å². The lowest BCUT2D eigenvalue weighted by Crippen LogP contribution is -2.64. The molecule has 0 radical (unpaired) electrons. The van der Waals surface area contributed by atoms with Crippen LogP contribution in [-0.4, -0.2) is 52.6 Å². The molecule has 1 aliphatic heterocycles. The highest BCUT2D eigenvalue weighted by Crippen LogP contribution is 2.31. The predicted molar refractivity (Wildman–Crippen MR) is 107 cm³/mol. The van der Waals surface area contributed by atoms with E-state index in [1.54, 1.807) is 6.08 Å². The first-order valence-corrected chi connectivity index (χ1v) is 9.92. The number of likely N-dealkylation sites (tertiary alicyclic amines) is 1. The van der Waals surface area contributed by atoms with Gasteiger partial charge in [-0.2, -0.15) is 0 Å². The number of hydrogen-bond donors (Lipinski definition) is 3. The van der Waals surface area contributed by atoms with E-state index in [0.717, 1.165) is 30.6 Å². The number of amidine groups is 1. The predicted octanol–water partition coefficient (Wildman–Crippen LogP) is 2.98. The Hall–Kier alpha value is -2.51. The zero-order valence-electron chi connectivity index (χ0n) is 16.6. The van der Waals surface area contributed by atoms with Crippen LogP contribution in [0.1, 0.15) is 58.8 Å². The van der Waals surface area contributed by atoms with Gasteiger partial charge in [0.1, 0.15) is 5.84 Å². The molecular weight excluding hydrogens is 360 g/mol. The summed E-state index contributed by atoms with van der Waals surface area (Å²) >= 11 is 0. The van der Waals surface area contributed by atoms with Crippen molar-refractivity contribution >= 4 is 30.5 Å². The standard InChI is InChI=1S/C20H30N4O4/c1-4-13(11-16(21)22-3)10-15-17(19(26)27)24(18(15)25)20(28)23-12(2)14-8-6-5-7-9-14/h10,12-14,17,21H,3-9,11H2,1-2H3,(H,23,28)(H,26,27)/b15-10+,21-16?. The number of carboxylic acids is 1. The van der Waals surface area contributed by atoms with E-state index in [9.17, 15) is 19.5 Å². The van der Waals surface area contributed by atoms with E-state index < -0.39 is 23.9 Å². The molecule has 3 atom stereocenters. The van der Waals surface area contributed by atoms with Crippen molar-refractivity contribution in [2.45, 2.75) is 70.9 Å². The molecule has 3 N–H and O–H groups in total. The third kappa shape index (κ3) is 4.85. The van der Waals surface area contributed by atoms with Crippen molar-refractivity contribution in [3.8, 4) is 0 Å². The Morgan fingerprint density at radius 1 is 1.39 bits per heavy atom. The molecule has 0 aromatic rings. The number of rotatable bonds is 7. The fourth-order valence-corrected chi connectivity index (χ4v) is 3.97. The van der Waals surface area contributed by atoms with E-state index in [1.807, 2.05) is 13.8 Å². The van der Waals surface area contributed by atoms with Crippen molar-refractivity contribution in [1.82, 2.24) is 10.2 Å². The number of allylic oxidation sites excluding steroid dienone is 1. The Morgan fingerprint density at radius 3 is 2.57 bits per heavy atom. The molecule has 0 spiro atoms. The lowest BCUT2D eigenvalue weighted by molar-refractivity contribution is -0.151. The lowest BCUT2D eigenvalue weighted by atomic mass is 9.84. The van der Waals surface area contributed by atoms with Crippen molar-refractivity contribution in [2.75, 3.05) is 0 Å². The molecule has 1 saturated heterocycles. The summed E-state index contributed by atoms with van der Waals surface area (Å²) in [5.41, 5.74) is 0.0941. The molecule has 1 saturated carbocycles. The summed E-state index contributed by atoms with van der Waals surface area (Å²) in [5.74, 6) is -1.59. The minimum atomic E-state index is -1.29. The van der Waals surface area contributed by atoms with Crippen molar-refractivity contribution in [2.24, 2.45) is 16.8 Å². The average molecular weight is 390 g/mol. The Bertz CT molecular complexity index is 682. The maximum Gasteiger partial charge on any atom is 0.331 e. The molecule has 2 fully saturated rings. The summed E-state index contributed by atoms with van der Waals surface area (Å²) in [5, 5.41) is 20.0. The van der Waals surface area contributed by atoms with Crippen LogP contribution in [0.2, 0.25) is 0 Å². The van der Waals surface area contributed by atoms with Gasteiger partial charge in [0.05, 0.1) is 0 Å². The van der Waals surface area contributed by atoms with E-state index in [2.05, 4.69) is 17.0 Å². The number of carboxylic acid groups (broad SMARTS) is 1. The second-order valence-electron chi connectivity index (χ2n) is 7.65. The van der Waals surface area contributed by atoms with E-state index in [-0.39, 0.29) is 29.8 Å². The first kappa shape index (κ1) is 21.8. The highest BCUT2D eigenvalue weighted by atomic mass is 16.4. The molecule has 28 heavy (non-hydrogen) atoms. The van der Waals surface area contributed by atoms with Gasteiger partial charge in [0, 0.05) is 18.0 Å². The van der Waals surface area contributed by atoms with Crippen molar-refractivity contribution < 1.29 is 19.5 Å². The smallest absolute Gasteiger partial charge is 0.331 e. The highest BCUT2D eigenvalue weighted by molar-refractivity contribution is 6.17. The van der Waals surface area contributed by atoms with Gasteiger partial charge in [-0.05, 0) is 44.7 Å². The summed E-state index contributed by atoms with van der Waals surface area (Å²) in [6.07, 6.45) is 7.98. The normalized spacial score (nSPS) is 23.6. The van der Waals surface area contributed by atoms with E-state index in [1.165, 1.54) is 6.42 Å². The number of hydrogen-bond acceptors (Lipinski definition) is 4. The molecule has 0 aromatic heterocycles. The Labute approximate surface area is 165 Å². The SMILES string of the molecule is C=NC(=N)CC(/C=C1/C(=O)N(C(=O)NC(C)C2CCCCC2)C1C(=O)O)CC. The van der Waals surface area contributed by atoms with Crippen LogP contribution in [0.15, 0.2) is 16.6 Å². The number of carbonyl (C=O) groups excluding carboxylic acids is 2. The zero-order valence-corrected chi connectivity index (χ0v) is 16.6. The van der Waals surface area contributed by atoms with Crippen LogP contribution in [-0.2, 0) is 9.59 Å². The second kappa shape index (κ2) is 9.61. The van der Waals surface area contributed by atoms with Gasteiger partial charge in [-0.3, -0.25) is 10.2 Å². The van der Waals surface area contributed by atoms with Crippen LogP contribution < -0.4 is 5.32 Å². The molecular formula is C20H30N4O4. The summed E-state index contributed by atoms with van der Waals surface area (Å²) < 4.78 is 0. The monoisotopic (exact) mass is 390 g/mol. The zero-order chi connectivity index (χ0) is 20.8. The third-order valence-electron chi connectivity index (χ3n) is 5.77. The highest BCUT2D eigenvalue weighted by Gasteiger charge is 2.51. The Kier molecular flexibility index (Phi) is 7.48. The van der Waals surface area contributed by atoms with Crippen LogP contribution in [0.5, 0.6) is 0 Å². The molecule has 0 bridgehead atoms. The lowest BCUT2D eigenvalue weighted by Gasteiger charge is -2.40. The number of urea groups is 1. The molecule has 3 amide bonds. The van der Waals surface area contributed by atoms with Gasteiger partial charge in [0.25, 0.3) is 5.91 Å². The van der Waals surface area contributed by atoms with Gasteiger partial charge in [-0.15, -0.1) is 0 Å². The fraction of sp³-hybridized carbons (Fsp3) is 0.650. The first-order valence-electron chi connectivity index (χ1n) is 9.92. The molecule has 1 heterocycles. The molecule has 2 aliphatic rings. The van der Waals surface area contributed by atoms with Gasteiger partial charge in [-0.25, -0.2) is 19.5 Å². The topological polar surface area (TPSA) is 123 Å². The van der Waals surface area contributed by atoms with Gasteiger partial charge in [0.15, 0.2) is 6.04 Å². The summed E-state index contributed by atoms with van der Waals surface area (Å²) in [6.45, 7) is 7.09. The van der Waals surface area contributed by atoms with Gasteiger partial charge < -0.3 is 10.4 Å². The maximum absolute atomic E-state index is 12.6. The Morgan fingerprint density at radius 2 is 2.04 bits per heavy atom. The number of β-lactam (4-membered cyclic amide) rings is 1. The van der Waals surface area contributed by atoms with Crippen molar-refractivity contribution in [1.29, 1.82) is 5.41 Å². The molecule has 2 rings (SSSR count). The molecule has 0 aromatic carbocycles.